The topological polar surface area (TPSA) is 72.3 Å². The average molecular weight is 367 g/mol. The van der Waals surface area contributed by atoms with Crippen molar-refractivity contribution < 1.29 is 14.3 Å². The van der Waals surface area contributed by atoms with Crippen LogP contribution in [0, 0.1) is 0 Å². The van der Waals surface area contributed by atoms with Gasteiger partial charge in [-0.1, -0.05) is 30.3 Å². The van der Waals surface area contributed by atoms with Gasteiger partial charge in [-0.2, -0.15) is 5.10 Å². The molecular weight excluding hydrogens is 350 g/mol. The molecule has 1 aliphatic heterocycles. The lowest BCUT2D eigenvalue weighted by Crippen LogP contribution is -2.19. The fourth-order valence-corrected chi connectivity index (χ4v) is 3.09. The Morgan fingerprint density at radius 2 is 1.58 bits per heavy atom. The second-order valence-corrected chi connectivity index (χ2v) is 6.23. The Balaban J connectivity index is 1.76. The Morgan fingerprint density at radius 1 is 0.962 bits per heavy atom. The Hall–Kier alpha value is -3.06. The second kappa shape index (κ2) is 8.35. The van der Waals surface area contributed by atoms with Gasteiger partial charge in [-0.25, -0.2) is 0 Å². The van der Waals surface area contributed by atoms with Crippen molar-refractivity contribution in [2.75, 3.05) is 14.2 Å². The number of hydrogen-bond donors (Lipinski definition) is 1. The largest absolute Gasteiger partial charge is 0.496 e. The number of benzene rings is 2. The van der Waals surface area contributed by atoms with Crippen molar-refractivity contribution >= 4 is 35.1 Å². The summed E-state index contributed by atoms with van der Waals surface area (Å²) in [6, 6.07) is 15.0. The van der Waals surface area contributed by atoms with E-state index in [1.54, 1.807) is 26.5 Å². The molecule has 0 spiro atoms. The highest BCUT2D eigenvalue weighted by molar-refractivity contribution is 8.18. The van der Waals surface area contributed by atoms with Gasteiger partial charge in [0.1, 0.15) is 11.5 Å². The van der Waals surface area contributed by atoms with Gasteiger partial charge in [0, 0.05) is 11.1 Å². The quantitative estimate of drug-likeness (QED) is 0.500. The maximum absolute atomic E-state index is 12.1. The summed E-state index contributed by atoms with van der Waals surface area (Å²) in [5.41, 5.74) is 1.63. The smallest absolute Gasteiger partial charge is 0.264 e. The fraction of sp³-hybridized carbons (Fsp3) is 0.105. The van der Waals surface area contributed by atoms with Crippen LogP contribution in [0.15, 0.2) is 63.6 Å². The second-order valence-electron chi connectivity index (χ2n) is 5.20. The minimum absolute atomic E-state index is 0.216. The van der Waals surface area contributed by atoms with E-state index in [1.807, 2.05) is 48.5 Å². The Kier molecular flexibility index (Phi) is 5.70. The highest BCUT2D eigenvalue weighted by Gasteiger charge is 2.24. The lowest BCUT2D eigenvalue weighted by molar-refractivity contribution is -0.115. The van der Waals surface area contributed by atoms with E-state index in [9.17, 15) is 4.79 Å². The van der Waals surface area contributed by atoms with Crippen molar-refractivity contribution in [1.29, 1.82) is 0 Å². The average Bonchev–Trinajstić information content (AvgIpc) is 3.02. The number of nitrogens with one attached hydrogen (secondary N) is 1. The van der Waals surface area contributed by atoms with E-state index in [0.717, 1.165) is 11.1 Å². The summed E-state index contributed by atoms with van der Waals surface area (Å²) < 4.78 is 10.6. The molecule has 0 unspecified atom stereocenters. The number of nitrogens with zero attached hydrogens (tertiary/aromatic N) is 2. The molecule has 2 aromatic carbocycles. The van der Waals surface area contributed by atoms with Gasteiger partial charge in [-0.3, -0.25) is 10.1 Å². The van der Waals surface area contributed by atoms with E-state index in [0.29, 0.717) is 21.6 Å². The molecule has 7 heteroatoms. The molecule has 26 heavy (non-hydrogen) atoms. The van der Waals surface area contributed by atoms with Crippen LogP contribution in [0.5, 0.6) is 11.5 Å². The minimum atomic E-state index is -0.216. The van der Waals surface area contributed by atoms with Crippen molar-refractivity contribution in [2.24, 2.45) is 10.2 Å². The summed E-state index contributed by atoms with van der Waals surface area (Å²) in [5, 5.41) is 11.2. The third-order valence-electron chi connectivity index (χ3n) is 3.56. The number of amidine groups is 1. The van der Waals surface area contributed by atoms with Crippen molar-refractivity contribution in [3.05, 3.63) is 64.6 Å². The third-order valence-corrected chi connectivity index (χ3v) is 4.46. The highest BCUT2D eigenvalue weighted by atomic mass is 32.2. The summed E-state index contributed by atoms with van der Waals surface area (Å²) >= 11 is 1.23. The first kappa shape index (κ1) is 17.8. The molecule has 0 aromatic heterocycles. The minimum Gasteiger partial charge on any atom is -0.496 e. The van der Waals surface area contributed by atoms with Crippen LogP contribution in [0.1, 0.15) is 11.1 Å². The number of rotatable bonds is 5. The highest BCUT2D eigenvalue weighted by Crippen LogP contribution is 2.29. The van der Waals surface area contributed by atoms with E-state index in [-0.39, 0.29) is 5.91 Å². The third kappa shape index (κ3) is 4.12. The van der Waals surface area contributed by atoms with Crippen LogP contribution in [-0.4, -0.2) is 31.5 Å². The zero-order valence-electron chi connectivity index (χ0n) is 14.3. The van der Waals surface area contributed by atoms with Crippen molar-refractivity contribution in [3.63, 3.8) is 0 Å². The summed E-state index contributed by atoms with van der Waals surface area (Å²) in [5.74, 6) is 1.19. The van der Waals surface area contributed by atoms with Gasteiger partial charge in [0.15, 0.2) is 5.17 Å². The lowest BCUT2D eigenvalue weighted by atomic mass is 10.2. The van der Waals surface area contributed by atoms with Crippen LogP contribution in [0.25, 0.3) is 6.08 Å². The molecule has 2 aromatic rings. The molecule has 0 bridgehead atoms. The van der Waals surface area contributed by atoms with Crippen molar-refractivity contribution in [1.82, 2.24) is 5.32 Å². The molecule has 0 radical (unpaired) electrons. The molecule has 132 valence electrons. The molecule has 1 fully saturated rings. The number of methoxy groups -OCH3 is 2. The van der Waals surface area contributed by atoms with Gasteiger partial charge in [0.25, 0.3) is 5.91 Å². The van der Waals surface area contributed by atoms with Crippen LogP contribution >= 0.6 is 11.8 Å². The zero-order valence-corrected chi connectivity index (χ0v) is 15.1. The Labute approximate surface area is 155 Å². The molecule has 0 aliphatic carbocycles. The van der Waals surface area contributed by atoms with E-state index >= 15 is 0 Å². The van der Waals surface area contributed by atoms with Crippen molar-refractivity contribution in [2.45, 2.75) is 0 Å². The standard InChI is InChI=1S/C19H17N3O3S/c1-24-15-9-5-3-7-13(15)11-17-18(23)21-19(26-17)22-20-12-14-8-4-6-10-16(14)25-2/h3-12H,1-2H3,(H,21,22,23)/b17-11+,20-12+. The predicted molar refractivity (Wildman–Crippen MR) is 105 cm³/mol. The molecule has 0 saturated carbocycles. The van der Waals surface area contributed by atoms with Gasteiger partial charge in [0.2, 0.25) is 0 Å². The van der Waals surface area contributed by atoms with Crippen LogP contribution in [-0.2, 0) is 4.79 Å². The predicted octanol–water partition coefficient (Wildman–Crippen LogP) is 3.30. The van der Waals surface area contributed by atoms with E-state index in [2.05, 4.69) is 15.5 Å². The van der Waals surface area contributed by atoms with Gasteiger partial charge < -0.3 is 9.47 Å². The number of hydrogen-bond acceptors (Lipinski definition) is 6. The number of amides is 1. The zero-order chi connectivity index (χ0) is 18.4. The van der Waals surface area contributed by atoms with Gasteiger partial charge in [-0.05, 0) is 36.0 Å². The fourth-order valence-electron chi connectivity index (χ4n) is 2.32. The molecule has 0 atom stereocenters. The Bertz CT molecular complexity index is 906. The summed E-state index contributed by atoms with van der Waals surface area (Å²) in [6.07, 6.45) is 3.35. The molecular formula is C19H17N3O3S. The van der Waals surface area contributed by atoms with E-state index in [4.69, 9.17) is 9.47 Å². The first-order valence-electron chi connectivity index (χ1n) is 7.79. The molecule has 1 saturated heterocycles. The summed E-state index contributed by atoms with van der Waals surface area (Å²) in [4.78, 5) is 12.7. The molecule has 6 nitrogen and oxygen atoms in total. The van der Waals surface area contributed by atoms with Crippen LogP contribution in [0.3, 0.4) is 0 Å². The molecule has 1 aliphatic rings. The maximum Gasteiger partial charge on any atom is 0.264 e. The van der Waals surface area contributed by atoms with Crippen LogP contribution < -0.4 is 14.8 Å². The van der Waals surface area contributed by atoms with E-state index < -0.39 is 0 Å². The lowest BCUT2D eigenvalue weighted by Gasteiger charge is -2.03. The SMILES string of the molecule is COc1ccccc1/C=N/N=C1/NC(=O)/C(=C\c2ccccc2OC)S1. The van der Waals surface area contributed by atoms with E-state index in [1.165, 1.54) is 11.8 Å². The maximum atomic E-state index is 12.1. The number of thioether (sulfide) groups is 1. The number of carbonyl (C=O) groups excluding carboxylic acids is 1. The van der Waals surface area contributed by atoms with Crippen molar-refractivity contribution in [3.8, 4) is 11.5 Å². The molecule has 1 N–H and O–H groups in total. The van der Waals surface area contributed by atoms with Gasteiger partial charge >= 0.3 is 0 Å². The molecule has 1 amide bonds. The number of para-hydroxylation sites is 2. The summed E-state index contributed by atoms with van der Waals surface area (Å²) in [7, 11) is 3.19. The first-order chi connectivity index (χ1) is 12.7. The Morgan fingerprint density at radius 3 is 2.27 bits per heavy atom. The molecule has 1 heterocycles. The van der Waals surface area contributed by atoms with Crippen LogP contribution in [0.2, 0.25) is 0 Å². The monoisotopic (exact) mass is 367 g/mol. The van der Waals surface area contributed by atoms with Gasteiger partial charge in [-0.15, -0.1) is 5.10 Å². The number of ether oxygens (including phenoxy) is 2. The number of carbonyl (C=O) groups is 1. The normalized spacial score (nSPS) is 17.1. The first-order valence-corrected chi connectivity index (χ1v) is 8.61. The van der Waals surface area contributed by atoms with Crippen LogP contribution in [0.4, 0.5) is 0 Å². The molecule has 3 rings (SSSR count). The van der Waals surface area contributed by atoms with Gasteiger partial charge in [0.05, 0.1) is 25.3 Å². The summed E-state index contributed by atoms with van der Waals surface area (Å²) in [6.45, 7) is 0.